The Morgan fingerprint density at radius 1 is 1.11 bits per heavy atom. The zero-order valence-corrected chi connectivity index (χ0v) is 22.1. The first-order valence-electron chi connectivity index (χ1n) is 12.7. The lowest BCUT2D eigenvalue weighted by Gasteiger charge is -2.42. The number of benzene rings is 1. The molecule has 0 atom stereocenters. The number of amides is 1. The molecule has 2 fully saturated rings. The average molecular weight is 500 g/mol. The number of hydrogen-bond donors (Lipinski definition) is 3. The van der Waals surface area contributed by atoms with E-state index in [1.165, 1.54) is 12.8 Å². The van der Waals surface area contributed by atoms with E-state index in [4.69, 9.17) is 11.6 Å². The molecule has 0 unspecified atom stereocenters. The van der Waals surface area contributed by atoms with E-state index in [0.717, 1.165) is 61.5 Å². The highest BCUT2D eigenvalue weighted by molar-refractivity contribution is 6.31. The smallest absolute Gasteiger partial charge is 0.253 e. The minimum absolute atomic E-state index is 0.165. The van der Waals surface area contributed by atoms with Gasteiger partial charge < -0.3 is 25.4 Å². The van der Waals surface area contributed by atoms with Gasteiger partial charge in [0.1, 0.15) is 0 Å². The number of H-pyrrole nitrogens is 1. The van der Waals surface area contributed by atoms with Crippen molar-refractivity contribution < 1.29 is 4.79 Å². The van der Waals surface area contributed by atoms with Gasteiger partial charge in [-0.3, -0.25) is 9.59 Å². The number of nitrogens with zero attached hydrogens (tertiary/aromatic N) is 2. The van der Waals surface area contributed by atoms with Crippen molar-refractivity contribution in [1.82, 2.24) is 20.5 Å². The van der Waals surface area contributed by atoms with Crippen LogP contribution >= 0.6 is 11.6 Å². The molecule has 0 saturated carbocycles. The van der Waals surface area contributed by atoms with Crippen LogP contribution in [0, 0.1) is 20.8 Å². The van der Waals surface area contributed by atoms with Crippen LogP contribution in [-0.2, 0) is 6.54 Å². The highest BCUT2D eigenvalue weighted by Crippen LogP contribution is 2.31. The summed E-state index contributed by atoms with van der Waals surface area (Å²) in [5, 5.41) is 6.92. The molecular formula is C27H38ClN5O2. The molecule has 8 heteroatoms. The molecule has 2 aromatic rings. The summed E-state index contributed by atoms with van der Waals surface area (Å²) in [4.78, 5) is 33.2. The molecule has 1 aromatic carbocycles. The second-order valence-electron chi connectivity index (χ2n) is 10.1. The summed E-state index contributed by atoms with van der Waals surface area (Å²) in [6, 6.07) is 6.71. The summed E-state index contributed by atoms with van der Waals surface area (Å²) in [7, 11) is 2.11. The van der Waals surface area contributed by atoms with E-state index in [1.807, 2.05) is 32.9 Å². The quantitative estimate of drug-likeness (QED) is 0.566. The third-order valence-electron chi connectivity index (χ3n) is 7.76. The summed E-state index contributed by atoms with van der Waals surface area (Å²) in [5.74, 6) is -0.222. The molecule has 0 spiro atoms. The largest absolute Gasteiger partial charge is 0.371 e. The standard InChI is InChI=1S/C27H38ClN5O2/c1-17-13-18(2)31-27(35)24(17)16-30-26(34)23-14-20(28)15-25(19(23)3)32(4)21-7-11-33(12-8-21)22-5-9-29-10-6-22/h13-15,21-22,29H,5-12,16H2,1-4H3,(H,30,34)(H,31,35). The molecule has 3 heterocycles. The summed E-state index contributed by atoms with van der Waals surface area (Å²) in [5.41, 5.74) is 4.53. The van der Waals surface area contributed by atoms with Crippen molar-refractivity contribution in [2.45, 2.75) is 65.1 Å². The zero-order valence-electron chi connectivity index (χ0n) is 21.3. The highest BCUT2D eigenvalue weighted by atomic mass is 35.5. The Morgan fingerprint density at radius 3 is 2.46 bits per heavy atom. The lowest BCUT2D eigenvalue weighted by molar-refractivity contribution is 0.0950. The van der Waals surface area contributed by atoms with Crippen molar-refractivity contribution in [3.8, 4) is 0 Å². The second-order valence-corrected chi connectivity index (χ2v) is 10.5. The minimum atomic E-state index is -0.222. The van der Waals surface area contributed by atoms with Gasteiger partial charge in [0.2, 0.25) is 0 Å². The fourth-order valence-electron chi connectivity index (χ4n) is 5.64. The number of rotatable bonds is 6. The van der Waals surface area contributed by atoms with Crippen LogP contribution in [0.3, 0.4) is 0 Å². The number of carbonyl (C=O) groups excluding carboxylic acids is 1. The summed E-state index contributed by atoms with van der Waals surface area (Å²) < 4.78 is 0. The number of hydrogen-bond acceptors (Lipinski definition) is 5. The van der Waals surface area contributed by atoms with E-state index in [0.29, 0.717) is 28.2 Å². The number of pyridine rings is 1. The van der Waals surface area contributed by atoms with Gasteiger partial charge in [-0.15, -0.1) is 0 Å². The van der Waals surface area contributed by atoms with Crippen molar-refractivity contribution in [2.24, 2.45) is 0 Å². The Bertz CT molecular complexity index is 1120. The van der Waals surface area contributed by atoms with E-state index >= 15 is 0 Å². The molecule has 190 valence electrons. The van der Waals surface area contributed by atoms with Crippen LogP contribution in [0.5, 0.6) is 0 Å². The normalized spacial score (nSPS) is 18.0. The first-order chi connectivity index (χ1) is 16.7. The maximum atomic E-state index is 13.1. The molecule has 0 radical (unpaired) electrons. The van der Waals surface area contributed by atoms with E-state index in [2.05, 4.69) is 32.5 Å². The van der Waals surface area contributed by atoms with Gasteiger partial charge in [0, 0.05) is 66.3 Å². The van der Waals surface area contributed by atoms with Gasteiger partial charge in [-0.05, 0) is 88.9 Å². The van der Waals surface area contributed by atoms with Crippen molar-refractivity contribution >= 4 is 23.2 Å². The minimum Gasteiger partial charge on any atom is -0.371 e. The predicted molar refractivity (Wildman–Crippen MR) is 143 cm³/mol. The van der Waals surface area contributed by atoms with E-state index in [-0.39, 0.29) is 18.0 Å². The molecule has 1 amide bonds. The predicted octanol–water partition coefficient (Wildman–Crippen LogP) is 3.54. The molecule has 2 saturated heterocycles. The van der Waals surface area contributed by atoms with Gasteiger partial charge in [0.25, 0.3) is 11.5 Å². The monoisotopic (exact) mass is 499 g/mol. The van der Waals surface area contributed by atoms with E-state index in [9.17, 15) is 9.59 Å². The van der Waals surface area contributed by atoms with Gasteiger partial charge in [-0.2, -0.15) is 0 Å². The maximum Gasteiger partial charge on any atom is 0.253 e. The number of carbonyl (C=O) groups is 1. The lowest BCUT2D eigenvalue weighted by Crippen LogP contribution is -2.50. The molecule has 7 nitrogen and oxygen atoms in total. The van der Waals surface area contributed by atoms with Crippen LogP contribution in [0.2, 0.25) is 5.02 Å². The molecule has 0 aliphatic carbocycles. The number of anilines is 1. The van der Waals surface area contributed by atoms with Crippen molar-refractivity contribution in [2.75, 3.05) is 38.1 Å². The first kappa shape index (κ1) is 25.7. The van der Waals surface area contributed by atoms with Gasteiger partial charge in [0.15, 0.2) is 0 Å². The third kappa shape index (κ3) is 5.90. The average Bonchev–Trinajstić information content (AvgIpc) is 2.84. The topological polar surface area (TPSA) is 80.5 Å². The van der Waals surface area contributed by atoms with Crippen molar-refractivity contribution in [3.63, 3.8) is 0 Å². The van der Waals surface area contributed by atoms with Crippen molar-refractivity contribution in [1.29, 1.82) is 0 Å². The number of nitrogens with one attached hydrogen (secondary N) is 3. The second kappa shape index (κ2) is 11.1. The SMILES string of the molecule is Cc1cc(C)c(CNC(=O)c2cc(Cl)cc(N(C)C3CCN(C4CCNCC4)CC3)c2C)c(=O)[nH]1. The summed E-state index contributed by atoms with van der Waals surface area (Å²) >= 11 is 6.48. The molecule has 2 aliphatic heterocycles. The Morgan fingerprint density at radius 2 is 1.80 bits per heavy atom. The Labute approximate surface area is 213 Å². The third-order valence-corrected chi connectivity index (χ3v) is 7.98. The summed E-state index contributed by atoms with van der Waals surface area (Å²) in [6.07, 6.45) is 4.67. The Balaban J connectivity index is 1.44. The van der Waals surface area contributed by atoms with Gasteiger partial charge >= 0.3 is 0 Å². The zero-order chi connectivity index (χ0) is 25.1. The Hall–Kier alpha value is -2.35. The van der Waals surface area contributed by atoms with Crippen LogP contribution in [0.4, 0.5) is 5.69 Å². The molecular weight excluding hydrogens is 462 g/mol. The molecule has 2 aliphatic rings. The van der Waals surface area contributed by atoms with Crippen LogP contribution in [0.15, 0.2) is 23.0 Å². The number of aromatic amines is 1. The molecule has 1 aromatic heterocycles. The lowest BCUT2D eigenvalue weighted by atomic mass is 9.96. The first-order valence-corrected chi connectivity index (χ1v) is 13.1. The maximum absolute atomic E-state index is 13.1. The van der Waals surface area contributed by atoms with Crippen LogP contribution in [0.25, 0.3) is 0 Å². The van der Waals surface area contributed by atoms with E-state index in [1.54, 1.807) is 6.07 Å². The Kier molecular flexibility index (Phi) is 8.19. The molecule has 4 rings (SSSR count). The molecule has 35 heavy (non-hydrogen) atoms. The molecule has 0 bridgehead atoms. The number of aryl methyl sites for hydroxylation is 2. The van der Waals surface area contributed by atoms with Gasteiger partial charge in [-0.25, -0.2) is 0 Å². The van der Waals surface area contributed by atoms with Crippen LogP contribution < -0.4 is 21.1 Å². The highest BCUT2D eigenvalue weighted by Gasteiger charge is 2.29. The van der Waals surface area contributed by atoms with E-state index < -0.39 is 0 Å². The fourth-order valence-corrected chi connectivity index (χ4v) is 5.85. The van der Waals surface area contributed by atoms with Crippen LogP contribution in [-0.4, -0.2) is 61.1 Å². The van der Waals surface area contributed by atoms with Crippen molar-refractivity contribution in [3.05, 3.63) is 61.5 Å². The number of piperidine rings is 2. The van der Waals surface area contributed by atoms with Gasteiger partial charge in [0.05, 0.1) is 0 Å². The summed E-state index contributed by atoms with van der Waals surface area (Å²) in [6.45, 7) is 10.3. The van der Waals surface area contributed by atoms with Crippen LogP contribution in [0.1, 0.15) is 58.4 Å². The number of aromatic nitrogens is 1. The fraction of sp³-hybridized carbons (Fsp3) is 0.556. The number of halogens is 1. The number of likely N-dealkylation sites (tertiary alicyclic amines) is 1. The van der Waals surface area contributed by atoms with Gasteiger partial charge in [-0.1, -0.05) is 11.6 Å². The molecule has 3 N–H and O–H groups in total.